The Hall–Kier alpha value is -1.89. The SMILES string of the molecule is CCCCC(=O)OCC(CCN(C)/C=C\C(N)=N/C=O)OC. The van der Waals surface area contributed by atoms with Gasteiger partial charge in [-0.3, -0.25) is 9.59 Å². The van der Waals surface area contributed by atoms with E-state index in [0.29, 0.717) is 25.8 Å². The summed E-state index contributed by atoms with van der Waals surface area (Å²) in [7, 11) is 3.46. The average molecular weight is 313 g/mol. The van der Waals surface area contributed by atoms with Gasteiger partial charge in [0.2, 0.25) is 6.41 Å². The number of nitrogens with zero attached hydrogens (tertiary/aromatic N) is 2. The monoisotopic (exact) mass is 313 g/mol. The molecular formula is C15H27N3O4. The van der Waals surface area contributed by atoms with Gasteiger partial charge in [0.25, 0.3) is 0 Å². The lowest BCUT2D eigenvalue weighted by Gasteiger charge is -2.19. The van der Waals surface area contributed by atoms with E-state index in [-0.39, 0.29) is 24.5 Å². The van der Waals surface area contributed by atoms with Crippen molar-refractivity contribution in [3.63, 3.8) is 0 Å². The maximum absolute atomic E-state index is 11.4. The lowest BCUT2D eigenvalue weighted by atomic mass is 10.2. The zero-order valence-electron chi connectivity index (χ0n) is 13.7. The number of amides is 1. The van der Waals surface area contributed by atoms with Gasteiger partial charge in [0.05, 0.1) is 6.10 Å². The third-order valence-corrected chi connectivity index (χ3v) is 3.00. The minimum absolute atomic E-state index is 0.148. The third-order valence-electron chi connectivity index (χ3n) is 3.00. The lowest BCUT2D eigenvalue weighted by Crippen LogP contribution is -2.26. The number of carbonyl (C=O) groups excluding carboxylic acids is 2. The van der Waals surface area contributed by atoms with Crippen LogP contribution in [0.5, 0.6) is 0 Å². The molecule has 0 aliphatic rings. The molecule has 2 N–H and O–H groups in total. The standard InChI is InChI=1S/C15H27N3O4/c1-4-5-6-15(20)22-11-13(21-3)7-9-18(2)10-8-14(16)17-12-19/h8,10,12-13H,4-7,9,11H2,1-3H3,(H2,16,17,19)/b10-8-. The number of esters is 1. The van der Waals surface area contributed by atoms with Crippen molar-refractivity contribution in [2.45, 2.75) is 38.7 Å². The summed E-state index contributed by atoms with van der Waals surface area (Å²) in [5, 5.41) is 0. The van der Waals surface area contributed by atoms with Gasteiger partial charge in [0.1, 0.15) is 12.4 Å². The highest BCUT2D eigenvalue weighted by Crippen LogP contribution is 2.03. The van der Waals surface area contributed by atoms with Gasteiger partial charge in [-0.15, -0.1) is 0 Å². The minimum Gasteiger partial charge on any atom is -0.463 e. The fraction of sp³-hybridized carbons (Fsp3) is 0.667. The Bertz CT molecular complexity index is 383. The highest BCUT2D eigenvalue weighted by atomic mass is 16.6. The minimum atomic E-state index is -0.185. The fourth-order valence-corrected chi connectivity index (χ4v) is 1.58. The molecule has 0 aliphatic heterocycles. The number of methoxy groups -OCH3 is 1. The number of hydrogen-bond acceptors (Lipinski definition) is 5. The summed E-state index contributed by atoms with van der Waals surface area (Å²) >= 11 is 0. The Labute approximate surface area is 132 Å². The second-order valence-corrected chi connectivity index (χ2v) is 4.89. The predicted molar refractivity (Wildman–Crippen MR) is 85.4 cm³/mol. The van der Waals surface area contributed by atoms with Crippen LogP contribution < -0.4 is 5.73 Å². The second-order valence-electron chi connectivity index (χ2n) is 4.89. The zero-order valence-corrected chi connectivity index (χ0v) is 13.7. The van der Waals surface area contributed by atoms with E-state index in [1.54, 1.807) is 19.4 Å². The number of amidine groups is 1. The molecule has 126 valence electrons. The van der Waals surface area contributed by atoms with Crippen LogP contribution >= 0.6 is 0 Å². The molecule has 1 amide bonds. The molecule has 0 radical (unpaired) electrons. The van der Waals surface area contributed by atoms with Crippen LogP contribution in [0.3, 0.4) is 0 Å². The molecule has 7 nitrogen and oxygen atoms in total. The van der Waals surface area contributed by atoms with E-state index in [9.17, 15) is 9.59 Å². The van der Waals surface area contributed by atoms with Crippen molar-refractivity contribution >= 4 is 18.2 Å². The van der Waals surface area contributed by atoms with E-state index < -0.39 is 0 Å². The van der Waals surface area contributed by atoms with Crippen molar-refractivity contribution < 1.29 is 19.1 Å². The first-order chi connectivity index (χ1) is 10.5. The quantitative estimate of drug-likeness (QED) is 0.251. The largest absolute Gasteiger partial charge is 0.463 e. The van der Waals surface area contributed by atoms with E-state index in [1.165, 1.54) is 0 Å². The number of unbranched alkanes of at least 4 members (excludes halogenated alkanes) is 1. The normalized spacial score (nSPS) is 13.1. The molecule has 0 aromatic rings. The molecule has 0 aliphatic carbocycles. The van der Waals surface area contributed by atoms with Crippen molar-refractivity contribution in [1.29, 1.82) is 0 Å². The number of ether oxygens (including phenoxy) is 2. The van der Waals surface area contributed by atoms with Crippen LogP contribution in [-0.2, 0) is 19.1 Å². The van der Waals surface area contributed by atoms with E-state index in [4.69, 9.17) is 15.2 Å². The maximum Gasteiger partial charge on any atom is 0.305 e. The molecule has 0 aromatic heterocycles. The van der Waals surface area contributed by atoms with Gasteiger partial charge in [-0.25, -0.2) is 0 Å². The van der Waals surface area contributed by atoms with Crippen molar-refractivity contribution in [1.82, 2.24) is 4.90 Å². The van der Waals surface area contributed by atoms with Crippen molar-refractivity contribution in [2.75, 3.05) is 27.3 Å². The van der Waals surface area contributed by atoms with E-state index in [2.05, 4.69) is 4.99 Å². The Morgan fingerprint density at radius 1 is 1.45 bits per heavy atom. The van der Waals surface area contributed by atoms with Gasteiger partial charge in [-0.2, -0.15) is 4.99 Å². The highest BCUT2D eigenvalue weighted by Gasteiger charge is 2.11. The van der Waals surface area contributed by atoms with Crippen LogP contribution in [0.4, 0.5) is 0 Å². The molecule has 0 saturated carbocycles. The van der Waals surface area contributed by atoms with Crippen LogP contribution in [0, 0.1) is 0 Å². The highest BCUT2D eigenvalue weighted by molar-refractivity contribution is 5.95. The van der Waals surface area contributed by atoms with Gasteiger partial charge in [-0.1, -0.05) is 13.3 Å². The molecular weight excluding hydrogens is 286 g/mol. The van der Waals surface area contributed by atoms with Crippen LogP contribution in [0.25, 0.3) is 0 Å². The maximum atomic E-state index is 11.4. The van der Waals surface area contributed by atoms with Crippen LogP contribution in [0.2, 0.25) is 0 Å². The molecule has 22 heavy (non-hydrogen) atoms. The average Bonchev–Trinajstić information content (AvgIpc) is 2.51. The fourth-order valence-electron chi connectivity index (χ4n) is 1.58. The third kappa shape index (κ3) is 10.8. The Kier molecular flexibility index (Phi) is 11.7. The van der Waals surface area contributed by atoms with Crippen molar-refractivity contribution in [3.8, 4) is 0 Å². The molecule has 0 fully saturated rings. The van der Waals surface area contributed by atoms with Crippen LogP contribution in [0.1, 0.15) is 32.6 Å². The Balaban J connectivity index is 4.05. The molecule has 1 atom stereocenters. The van der Waals surface area contributed by atoms with Crippen molar-refractivity contribution in [3.05, 3.63) is 12.3 Å². The first-order valence-electron chi connectivity index (χ1n) is 7.37. The molecule has 0 saturated heterocycles. The summed E-state index contributed by atoms with van der Waals surface area (Å²) in [6.45, 7) is 2.97. The van der Waals surface area contributed by atoms with Gasteiger partial charge in [0, 0.05) is 33.3 Å². The predicted octanol–water partition coefficient (Wildman–Crippen LogP) is 1.08. The zero-order chi connectivity index (χ0) is 16.8. The number of carbonyl (C=O) groups is 2. The van der Waals surface area contributed by atoms with Gasteiger partial charge in [0.15, 0.2) is 0 Å². The Morgan fingerprint density at radius 2 is 2.18 bits per heavy atom. The molecule has 0 bridgehead atoms. The van der Waals surface area contributed by atoms with Crippen LogP contribution in [0.15, 0.2) is 17.3 Å². The number of hydrogen-bond donors (Lipinski definition) is 1. The Morgan fingerprint density at radius 3 is 2.77 bits per heavy atom. The van der Waals surface area contributed by atoms with Crippen LogP contribution in [-0.4, -0.2) is 56.5 Å². The summed E-state index contributed by atoms with van der Waals surface area (Å²) in [5.74, 6) is -0.0370. The number of nitrogens with two attached hydrogens (primary N) is 1. The summed E-state index contributed by atoms with van der Waals surface area (Å²) < 4.78 is 10.5. The summed E-state index contributed by atoms with van der Waals surface area (Å²) in [5.41, 5.74) is 5.46. The molecule has 0 spiro atoms. The first-order valence-corrected chi connectivity index (χ1v) is 7.37. The summed E-state index contributed by atoms with van der Waals surface area (Å²) in [6, 6.07) is 0. The molecule has 0 heterocycles. The number of rotatable bonds is 12. The van der Waals surface area contributed by atoms with E-state index >= 15 is 0 Å². The topological polar surface area (TPSA) is 94.2 Å². The number of aliphatic imine (C=N–C) groups is 1. The summed E-state index contributed by atoms with van der Waals surface area (Å²) in [4.78, 5) is 26.9. The van der Waals surface area contributed by atoms with Crippen molar-refractivity contribution in [2.24, 2.45) is 10.7 Å². The van der Waals surface area contributed by atoms with E-state index in [0.717, 1.165) is 12.8 Å². The van der Waals surface area contributed by atoms with Gasteiger partial charge in [-0.05, 0) is 18.9 Å². The molecule has 0 rings (SSSR count). The van der Waals surface area contributed by atoms with Gasteiger partial charge >= 0.3 is 5.97 Å². The van der Waals surface area contributed by atoms with E-state index in [1.807, 2.05) is 18.9 Å². The smallest absolute Gasteiger partial charge is 0.305 e. The summed E-state index contributed by atoms with van der Waals surface area (Å²) in [6.07, 6.45) is 6.47. The van der Waals surface area contributed by atoms with Gasteiger partial charge < -0.3 is 20.1 Å². The first kappa shape index (κ1) is 20.1. The lowest BCUT2D eigenvalue weighted by molar-refractivity contribution is -0.147. The second kappa shape index (κ2) is 12.8. The molecule has 7 heteroatoms. The molecule has 1 unspecified atom stereocenters. The molecule has 0 aromatic carbocycles.